The third-order valence-corrected chi connectivity index (χ3v) is 3.82. The molecule has 0 aliphatic carbocycles. The number of hydrogen-bond donors (Lipinski definition) is 1. The standard InChI is InChI=1S/C15H20F3N3/c1-10(7-8-19)3-6-14-20-12-9-11(15(16,17)18)4-5-13(12)21(14)2/h4-5,9-10H,3,6-8,19H2,1-2H3. The third kappa shape index (κ3) is 3.56. The number of imidazole rings is 1. The summed E-state index contributed by atoms with van der Waals surface area (Å²) in [5, 5.41) is 0. The molecule has 0 spiro atoms. The van der Waals surface area contributed by atoms with Gasteiger partial charge in [0, 0.05) is 13.5 Å². The summed E-state index contributed by atoms with van der Waals surface area (Å²) in [4.78, 5) is 4.35. The van der Waals surface area contributed by atoms with Gasteiger partial charge in [0.1, 0.15) is 5.82 Å². The average molecular weight is 299 g/mol. The van der Waals surface area contributed by atoms with E-state index in [4.69, 9.17) is 5.73 Å². The molecular formula is C15H20F3N3. The lowest BCUT2D eigenvalue weighted by atomic mass is 10.0. The molecule has 0 bridgehead atoms. The van der Waals surface area contributed by atoms with Gasteiger partial charge in [-0.05, 0) is 43.5 Å². The van der Waals surface area contributed by atoms with Crippen molar-refractivity contribution in [3.8, 4) is 0 Å². The van der Waals surface area contributed by atoms with E-state index in [-0.39, 0.29) is 0 Å². The van der Waals surface area contributed by atoms with Crippen molar-refractivity contribution in [2.45, 2.75) is 32.4 Å². The molecule has 21 heavy (non-hydrogen) atoms. The number of halogens is 3. The number of fused-ring (bicyclic) bond motifs is 1. The van der Waals surface area contributed by atoms with Crippen LogP contribution in [0.3, 0.4) is 0 Å². The minimum atomic E-state index is -4.33. The summed E-state index contributed by atoms with van der Waals surface area (Å²) in [6.07, 6.45) is -1.71. The van der Waals surface area contributed by atoms with Crippen LogP contribution in [-0.4, -0.2) is 16.1 Å². The first-order valence-corrected chi connectivity index (χ1v) is 7.05. The van der Waals surface area contributed by atoms with Crippen molar-refractivity contribution in [1.82, 2.24) is 9.55 Å². The summed E-state index contributed by atoms with van der Waals surface area (Å²) in [5.74, 6) is 1.30. The van der Waals surface area contributed by atoms with Crippen molar-refractivity contribution in [1.29, 1.82) is 0 Å². The lowest BCUT2D eigenvalue weighted by molar-refractivity contribution is -0.137. The van der Waals surface area contributed by atoms with Crippen LogP contribution >= 0.6 is 0 Å². The number of benzene rings is 1. The summed E-state index contributed by atoms with van der Waals surface area (Å²) >= 11 is 0. The van der Waals surface area contributed by atoms with Crippen LogP contribution in [0.15, 0.2) is 18.2 Å². The molecule has 1 aromatic heterocycles. The number of rotatable bonds is 5. The Balaban J connectivity index is 2.24. The van der Waals surface area contributed by atoms with E-state index in [9.17, 15) is 13.2 Å². The van der Waals surface area contributed by atoms with Crippen molar-refractivity contribution in [2.24, 2.45) is 18.7 Å². The lowest BCUT2D eigenvalue weighted by Gasteiger charge is -2.09. The normalized spacial score (nSPS) is 13.8. The number of nitrogens with zero attached hydrogens (tertiary/aromatic N) is 2. The van der Waals surface area contributed by atoms with Gasteiger partial charge in [0.05, 0.1) is 16.6 Å². The van der Waals surface area contributed by atoms with Gasteiger partial charge < -0.3 is 10.3 Å². The summed E-state index contributed by atoms with van der Waals surface area (Å²) in [6, 6.07) is 3.70. The summed E-state index contributed by atoms with van der Waals surface area (Å²) in [5.41, 5.74) is 5.99. The van der Waals surface area contributed by atoms with E-state index in [0.717, 1.165) is 42.7 Å². The zero-order chi connectivity index (χ0) is 15.6. The molecule has 0 radical (unpaired) electrons. The van der Waals surface area contributed by atoms with E-state index in [2.05, 4.69) is 11.9 Å². The van der Waals surface area contributed by atoms with Crippen LogP contribution in [-0.2, 0) is 19.6 Å². The fraction of sp³-hybridized carbons (Fsp3) is 0.533. The van der Waals surface area contributed by atoms with Gasteiger partial charge in [0.25, 0.3) is 0 Å². The maximum atomic E-state index is 12.7. The Morgan fingerprint density at radius 3 is 2.62 bits per heavy atom. The largest absolute Gasteiger partial charge is 0.416 e. The van der Waals surface area contributed by atoms with Crippen LogP contribution in [0.25, 0.3) is 11.0 Å². The van der Waals surface area contributed by atoms with Gasteiger partial charge in [-0.3, -0.25) is 0 Å². The molecule has 0 aliphatic heterocycles. The Morgan fingerprint density at radius 1 is 1.29 bits per heavy atom. The maximum absolute atomic E-state index is 12.7. The molecule has 0 fully saturated rings. The molecule has 1 atom stereocenters. The molecule has 1 unspecified atom stereocenters. The highest BCUT2D eigenvalue weighted by Gasteiger charge is 2.30. The van der Waals surface area contributed by atoms with Crippen LogP contribution in [0.4, 0.5) is 13.2 Å². The second-order valence-electron chi connectivity index (χ2n) is 5.51. The lowest BCUT2D eigenvalue weighted by Crippen LogP contribution is -2.08. The highest BCUT2D eigenvalue weighted by Crippen LogP contribution is 2.31. The van der Waals surface area contributed by atoms with E-state index >= 15 is 0 Å². The highest BCUT2D eigenvalue weighted by molar-refractivity contribution is 5.77. The Morgan fingerprint density at radius 2 is 2.00 bits per heavy atom. The molecule has 3 nitrogen and oxygen atoms in total. The first kappa shape index (κ1) is 15.8. The fourth-order valence-electron chi connectivity index (χ4n) is 2.45. The summed E-state index contributed by atoms with van der Waals surface area (Å²) in [7, 11) is 1.84. The first-order valence-electron chi connectivity index (χ1n) is 7.05. The maximum Gasteiger partial charge on any atom is 0.416 e. The number of alkyl halides is 3. The van der Waals surface area contributed by atoms with Gasteiger partial charge in [-0.1, -0.05) is 6.92 Å². The van der Waals surface area contributed by atoms with Crippen molar-refractivity contribution >= 4 is 11.0 Å². The quantitative estimate of drug-likeness (QED) is 0.918. The SMILES string of the molecule is CC(CCN)CCc1nc2cc(C(F)(F)F)ccc2n1C. The average Bonchev–Trinajstić information content (AvgIpc) is 2.72. The van der Waals surface area contributed by atoms with Gasteiger partial charge in [-0.25, -0.2) is 4.98 Å². The van der Waals surface area contributed by atoms with E-state index < -0.39 is 11.7 Å². The van der Waals surface area contributed by atoms with Gasteiger partial charge >= 0.3 is 6.18 Å². The van der Waals surface area contributed by atoms with Gasteiger partial charge in [0.15, 0.2) is 0 Å². The zero-order valence-corrected chi connectivity index (χ0v) is 12.2. The molecule has 0 amide bonds. The summed E-state index contributed by atoms with van der Waals surface area (Å²) in [6.45, 7) is 2.77. The van der Waals surface area contributed by atoms with Crippen LogP contribution in [0, 0.1) is 5.92 Å². The Kier molecular flexibility index (Phi) is 4.56. The topological polar surface area (TPSA) is 43.8 Å². The third-order valence-electron chi connectivity index (χ3n) is 3.82. The highest BCUT2D eigenvalue weighted by atomic mass is 19.4. The Labute approximate surface area is 122 Å². The zero-order valence-electron chi connectivity index (χ0n) is 12.2. The molecule has 0 saturated carbocycles. The minimum Gasteiger partial charge on any atom is -0.331 e. The fourth-order valence-corrected chi connectivity index (χ4v) is 2.45. The summed E-state index contributed by atoms with van der Waals surface area (Å²) < 4.78 is 40.0. The molecule has 2 rings (SSSR count). The predicted octanol–water partition coefficient (Wildman–Crippen LogP) is 3.51. The van der Waals surface area contributed by atoms with E-state index in [0.29, 0.717) is 18.0 Å². The number of nitrogens with two attached hydrogens (primary N) is 1. The molecule has 2 aromatic rings. The number of aromatic nitrogens is 2. The Hall–Kier alpha value is -1.56. The molecule has 116 valence electrons. The molecule has 0 saturated heterocycles. The smallest absolute Gasteiger partial charge is 0.331 e. The van der Waals surface area contributed by atoms with Gasteiger partial charge in [-0.15, -0.1) is 0 Å². The predicted molar refractivity (Wildman–Crippen MR) is 76.9 cm³/mol. The van der Waals surface area contributed by atoms with Crippen LogP contribution < -0.4 is 5.73 Å². The molecule has 1 heterocycles. The molecular weight excluding hydrogens is 279 g/mol. The van der Waals surface area contributed by atoms with Crippen molar-refractivity contribution in [3.05, 3.63) is 29.6 Å². The second-order valence-corrected chi connectivity index (χ2v) is 5.51. The van der Waals surface area contributed by atoms with Crippen molar-refractivity contribution in [3.63, 3.8) is 0 Å². The van der Waals surface area contributed by atoms with E-state index in [1.54, 1.807) is 0 Å². The molecule has 6 heteroatoms. The van der Waals surface area contributed by atoms with Crippen molar-refractivity contribution in [2.75, 3.05) is 6.54 Å². The van der Waals surface area contributed by atoms with Gasteiger partial charge in [-0.2, -0.15) is 13.2 Å². The van der Waals surface area contributed by atoms with Crippen LogP contribution in [0.1, 0.15) is 31.2 Å². The van der Waals surface area contributed by atoms with Gasteiger partial charge in [0.2, 0.25) is 0 Å². The van der Waals surface area contributed by atoms with Crippen LogP contribution in [0.5, 0.6) is 0 Å². The molecule has 0 aliphatic rings. The number of hydrogen-bond acceptors (Lipinski definition) is 2. The number of aryl methyl sites for hydroxylation is 2. The molecule has 2 N–H and O–H groups in total. The second kappa shape index (κ2) is 6.05. The minimum absolute atomic E-state index is 0.397. The monoisotopic (exact) mass is 299 g/mol. The Bertz CT molecular complexity index is 616. The molecule has 1 aromatic carbocycles. The van der Waals surface area contributed by atoms with E-state index in [1.807, 2.05) is 11.6 Å². The van der Waals surface area contributed by atoms with Crippen molar-refractivity contribution < 1.29 is 13.2 Å². The van der Waals surface area contributed by atoms with Crippen LogP contribution in [0.2, 0.25) is 0 Å². The first-order chi connectivity index (χ1) is 9.82. The van der Waals surface area contributed by atoms with E-state index in [1.165, 1.54) is 6.07 Å².